The van der Waals surface area contributed by atoms with E-state index in [9.17, 15) is 4.79 Å². The molecule has 0 atom stereocenters. The number of hydrogen-bond acceptors (Lipinski definition) is 6. The van der Waals surface area contributed by atoms with E-state index in [0.29, 0.717) is 41.9 Å². The van der Waals surface area contributed by atoms with Gasteiger partial charge in [0.15, 0.2) is 5.82 Å². The highest BCUT2D eigenvalue weighted by atomic mass is 35.5. The van der Waals surface area contributed by atoms with Crippen molar-refractivity contribution < 1.29 is 9.53 Å². The molecule has 10 heteroatoms. The molecule has 208 valence electrons. The van der Waals surface area contributed by atoms with Gasteiger partial charge in [0.1, 0.15) is 0 Å². The molecule has 2 amide bonds. The maximum atomic E-state index is 13.2. The number of anilines is 3. The van der Waals surface area contributed by atoms with Gasteiger partial charge in [0.2, 0.25) is 0 Å². The highest BCUT2D eigenvalue weighted by Gasteiger charge is 2.18. The molecule has 0 aliphatic carbocycles. The lowest BCUT2D eigenvalue weighted by Gasteiger charge is -2.28. The summed E-state index contributed by atoms with van der Waals surface area (Å²) in [5.41, 5.74) is 7.03. The Balaban J connectivity index is 1.54. The van der Waals surface area contributed by atoms with E-state index in [-0.39, 0.29) is 6.03 Å². The van der Waals surface area contributed by atoms with Crippen molar-refractivity contribution in [3.63, 3.8) is 0 Å². The van der Waals surface area contributed by atoms with Crippen LogP contribution < -0.4 is 15.5 Å². The Morgan fingerprint density at radius 1 is 0.951 bits per heavy atom. The predicted molar refractivity (Wildman–Crippen MR) is 163 cm³/mol. The number of halogens is 1. The first-order valence-electron chi connectivity index (χ1n) is 13.1. The Morgan fingerprint density at radius 2 is 1.71 bits per heavy atom. The van der Waals surface area contributed by atoms with Gasteiger partial charge in [0, 0.05) is 36.5 Å². The third-order valence-corrected chi connectivity index (χ3v) is 6.84. The van der Waals surface area contributed by atoms with Gasteiger partial charge in [-0.1, -0.05) is 71.8 Å². The molecule has 0 radical (unpaired) electrons. The molecule has 0 aliphatic heterocycles. The minimum atomic E-state index is -0.349. The molecule has 0 bridgehead atoms. The zero-order valence-electron chi connectivity index (χ0n) is 22.8. The summed E-state index contributed by atoms with van der Waals surface area (Å²) < 4.78 is 5.43. The van der Waals surface area contributed by atoms with Gasteiger partial charge in [-0.3, -0.25) is 0 Å². The number of H-pyrrole nitrogens is 1. The number of urea groups is 1. The highest BCUT2D eigenvalue weighted by molar-refractivity contribution is 6.30. The van der Waals surface area contributed by atoms with Crippen LogP contribution in [0.2, 0.25) is 5.02 Å². The van der Waals surface area contributed by atoms with Crippen molar-refractivity contribution in [3.05, 3.63) is 107 Å². The van der Waals surface area contributed by atoms with Crippen LogP contribution in [0.4, 0.5) is 21.9 Å². The van der Waals surface area contributed by atoms with Crippen molar-refractivity contribution in [1.29, 1.82) is 0 Å². The van der Waals surface area contributed by atoms with Crippen LogP contribution in [0.3, 0.4) is 0 Å². The van der Waals surface area contributed by atoms with Gasteiger partial charge in [-0.25, -0.2) is 9.89 Å². The van der Waals surface area contributed by atoms with Crippen molar-refractivity contribution in [1.82, 2.24) is 20.6 Å². The van der Waals surface area contributed by atoms with Gasteiger partial charge in [-0.2, -0.15) is 0 Å². The van der Waals surface area contributed by atoms with E-state index >= 15 is 0 Å². The van der Waals surface area contributed by atoms with Gasteiger partial charge in [-0.05, 0) is 70.4 Å². The summed E-state index contributed by atoms with van der Waals surface area (Å²) in [5, 5.41) is 21.1. The average molecular weight is 568 g/mol. The quantitative estimate of drug-likeness (QED) is 0.171. The molecular weight excluding hydrogens is 538 g/mol. The fourth-order valence-electron chi connectivity index (χ4n) is 4.51. The molecule has 0 unspecified atom stereocenters. The first-order valence-corrected chi connectivity index (χ1v) is 13.5. The topological polar surface area (TPSA) is 108 Å². The van der Waals surface area contributed by atoms with Gasteiger partial charge >= 0.3 is 6.03 Å². The Bertz CT molecular complexity index is 1590. The SMILES string of the molecule is COCCN(Cc1ccc(Cl)cc1)c1ccc(-c2ccccc2-c2nnn[nH]2)cc1NC(=O)Nc1ccc(C)cc1. The van der Waals surface area contributed by atoms with E-state index in [1.165, 1.54) is 0 Å². The Labute approximate surface area is 243 Å². The standard InChI is InChI=1S/C31H30ClN7O2/c1-21-7-14-25(15-8-21)33-31(40)34-28-19-23(26-5-3-4-6-27(26)30-35-37-38-36-30)11-16-29(28)39(17-18-41-2)20-22-9-12-24(32)13-10-22/h3-16,19H,17-18,20H2,1-2H3,(H2,33,34,40)(H,35,36,37,38). The molecule has 1 aromatic heterocycles. The summed E-state index contributed by atoms with van der Waals surface area (Å²) in [4.78, 5) is 15.4. The van der Waals surface area contributed by atoms with Crippen molar-refractivity contribution in [2.75, 3.05) is 35.8 Å². The normalized spacial score (nSPS) is 10.8. The van der Waals surface area contributed by atoms with Crippen LogP contribution in [0, 0.1) is 6.92 Å². The Kier molecular flexibility index (Phi) is 8.88. The van der Waals surface area contributed by atoms with E-state index < -0.39 is 0 Å². The smallest absolute Gasteiger partial charge is 0.323 e. The number of amides is 2. The number of benzene rings is 4. The number of aromatic nitrogens is 4. The molecule has 3 N–H and O–H groups in total. The maximum absolute atomic E-state index is 13.2. The molecule has 0 aliphatic rings. The van der Waals surface area contributed by atoms with Gasteiger partial charge in [-0.15, -0.1) is 5.10 Å². The Hall–Kier alpha value is -4.73. The fraction of sp³-hybridized carbons (Fsp3) is 0.161. The number of methoxy groups -OCH3 is 1. The van der Waals surface area contributed by atoms with Gasteiger partial charge in [0.25, 0.3) is 0 Å². The third-order valence-electron chi connectivity index (χ3n) is 6.59. The number of aryl methyl sites for hydroxylation is 1. The molecule has 41 heavy (non-hydrogen) atoms. The van der Waals surface area contributed by atoms with E-state index in [2.05, 4.69) is 36.2 Å². The number of nitrogens with one attached hydrogen (secondary N) is 3. The number of rotatable bonds is 10. The third kappa shape index (κ3) is 7.08. The van der Waals surface area contributed by atoms with Crippen LogP contribution in [0.5, 0.6) is 0 Å². The number of carbonyl (C=O) groups is 1. The summed E-state index contributed by atoms with van der Waals surface area (Å²) >= 11 is 6.13. The molecule has 0 spiro atoms. The number of nitrogens with zero attached hydrogens (tertiary/aromatic N) is 4. The first-order chi connectivity index (χ1) is 20.0. The molecule has 0 saturated heterocycles. The number of aromatic amines is 1. The largest absolute Gasteiger partial charge is 0.383 e. The average Bonchev–Trinajstić information content (AvgIpc) is 3.53. The lowest BCUT2D eigenvalue weighted by atomic mass is 9.98. The van der Waals surface area contributed by atoms with E-state index in [0.717, 1.165) is 33.5 Å². The molecule has 5 rings (SSSR count). The van der Waals surface area contributed by atoms with Crippen LogP contribution in [-0.2, 0) is 11.3 Å². The van der Waals surface area contributed by atoms with Crippen LogP contribution in [0.1, 0.15) is 11.1 Å². The van der Waals surface area contributed by atoms with Gasteiger partial charge in [0.05, 0.1) is 18.0 Å². The van der Waals surface area contributed by atoms with E-state index in [4.69, 9.17) is 16.3 Å². The second kappa shape index (κ2) is 13.1. The van der Waals surface area contributed by atoms with Crippen LogP contribution in [-0.4, -0.2) is 46.9 Å². The monoisotopic (exact) mass is 567 g/mol. The minimum Gasteiger partial charge on any atom is -0.383 e. The number of tetrazole rings is 1. The zero-order chi connectivity index (χ0) is 28.6. The molecule has 9 nitrogen and oxygen atoms in total. The van der Waals surface area contributed by atoms with Gasteiger partial charge < -0.3 is 20.3 Å². The summed E-state index contributed by atoms with van der Waals surface area (Å²) in [7, 11) is 1.67. The fourth-order valence-corrected chi connectivity index (χ4v) is 4.64. The van der Waals surface area contributed by atoms with Crippen molar-refractivity contribution in [3.8, 4) is 22.5 Å². The van der Waals surface area contributed by atoms with Crippen molar-refractivity contribution in [2.45, 2.75) is 13.5 Å². The van der Waals surface area contributed by atoms with Crippen molar-refractivity contribution in [2.24, 2.45) is 0 Å². The molecule has 1 heterocycles. The van der Waals surface area contributed by atoms with E-state index in [1.54, 1.807) is 7.11 Å². The van der Waals surface area contributed by atoms with Crippen LogP contribution in [0.15, 0.2) is 91.0 Å². The van der Waals surface area contributed by atoms with Crippen LogP contribution in [0.25, 0.3) is 22.5 Å². The summed E-state index contributed by atoms with van der Waals surface area (Å²) in [6, 6.07) is 28.9. The minimum absolute atomic E-state index is 0.349. The molecular formula is C31H30ClN7O2. The van der Waals surface area contributed by atoms with E-state index in [1.807, 2.05) is 97.9 Å². The highest BCUT2D eigenvalue weighted by Crippen LogP contribution is 2.36. The number of ether oxygens (including phenoxy) is 1. The lowest BCUT2D eigenvalue weighted by Crippen LogP contribution is -2.29. The first kappa shape index (κ1) is 27.8. The molecule has 5 aromatic rings. The van der Waals surface area contributed by atoms with Crippen LogP contribution >= 0.6 is 11.6 Å². The second-order valence-electron chi connectivity index (χ2n) is 9.51. The molecule has 0 fully saturated rings. The summed E-state index contributed by atoms with van der Waals surface area (Å²) in [6.07, 6.45) is 0. The molecule has 0 saturated carbocycles. The predicted octanol–water partition coefficient (Wildman–Crippen LogP) is 6.79. The molecule has 4 aromatic carbocycles. The number of hydrogen-bond donors (Lipinski definition) is 3. The van der Waals surface area contributed by atoms with Crippen molar-refractivity contribution >= 4 is 34.7 Å². The summed E-state index contributed by atoms with van der Waals surface area (Å²) in [6.45, 7) is 3.71. The number of carbonyl (C=O) groups excluding carboxylic acids is 1. The zero-order valence-corrected chi connectivity index (χ0v) is 23.5. The summed E-state index contributed by atoms with van der Waals surface area (Å²) in [5.74, 6) is 0.556. The maximum Gasteiger partial charge on any atom is 0.323 e. The lowest BCUT2D eigenvalue weighted by molar-refractivity contribution is 0.205. The second-order valence-corrected chi connectivity index (χ2v) is 9.95. The Morgan fingerprint density at radius 3 is 2.41 bits per heavy atom.